The number of nitrogens with one attached hydrogen (secondary N) is 2. The van der Waals surface area contributed by atoms with Gasteiger partial charge in [-0.2, -0.15) is 0 Å². The van der Waals surface area contributed by atoms with Crippen molar-refractivity contribution in [3.05, 3.63) is 46.1 Å². The number of hydrogen-bond acceptors (Lipinski definition) is 9. The van der Waals surface area contributed by atoms with Crippen LogP contribution in [0.1, 0.15) is 11.8 Å². The van der Waals surface area contributed by atoms with E-state index in [1.807, 2.05) is 23.6 Å². The monoisotopic (exact) mass is 511 g/mol. The van der Waals surface area contributed by atoms with Gasteiger partial charge in [-0.15, -0.1) is 0 Å². The Morgan fingerprint density at radius 1 is 1.28 bits per heavy atom. The Labute approximate surface area is 178 Å². The summed E-state index contributed by atoms with van der Waals surface area (Å²) in [6, 6.07) is 8.03. The minimum absolute atomic E-state index is 0.384. The van der Waals surface area contributed by atoms with Crippen LogP contribution in [-0.2, 0) is 16.1 Å². The first-order chi connectivity index (χ1) is 14.0. The zero-order valence-corrected chi connectivity index (χ0v) is 17.1. The van der Waals surface area contributed by atoms with Crippen molar-refractivity contribution in [3.8, 4) is 0 Å². The first kappa shape index (κ1) is 19.9. The second kappa shape index (κ2) is 8.16. The molecule has 3 aromatic rings. The van der Waals surface area contributed by atoms with Crippen LogP contribution in [0.15, 0.2) is 36.9 Å². The molecule has 0 bridgehead atoms. The molecule has 0 aliphatic carbocycles. The number of aliphatic hydroxyl groups is 2. The molecular formula is C17H18IN7O4. The molecule has 6 N–H and O–H groups in total. The zero-order valence-electron chi connectivity index (χ0n) is 14.9. The van der Waals surface area contributed by atoms with Crippen molar-refractivity contribution in [1.82, 2.24) is 24.9 Å². The molecular weight excluding hydrogens is 493 g/mol. The SMILES string of the molecule is NNC(=O)[C@@H]1OC(n2cnc3c(NCc4cccc(I)c4)ncnc32)C(O)C1O. The summed E-state index contributed by atoms with van der Waals surface area (Å²) in [7, 11) is 0. The third-order valence-corrected chi connectivity index (χ3v) is 5.29. The maximum absolute atomic E-state index is 11.8. The standard InChI is InChI=1S/C17H18IN7O4/c18-9-3-1-2-8(4-9)5-20-14-10-15(22-6-21-14)25(7-23-10)17-12(27)11(26)13(29-17)16(28)24-19/h1-4,6-7,11-13,17,26-27H,5,19H2,(H,24,28)(H,20,21,22)/t11?,12?,13-,17?/m1/s1. The number of anilines is 1. The maximum Gasteiger partial charge on any atom is 0.265 e. The van der Waals surface area contributed by atoms with Crippen LogP contribution >= 0.6 is 22.6 Å². The van der Waals surface area contributed by atoms with Gasteiger partial charge < -0.3 is 20.3 Å². The van der Waals surface area contributed by atoms with E-state index in [9.17, 15) is 15.0 Å². The van der Waals surface area contributed by atoms with E-state index in [-0.39, 0.29) is 0 Å². The van der Waals surface area contributed by atoms with Crippen molar-refractivity contribution in [2.24, 2.45) is 5.84 Å². The number of hydrazine groups is 1. The molecule has 3 unspecified atom stereocenters. The number of ether oxygens (including phenoxy) is 1. The average molecular weight is 511 g/mol. The minimum atomic E-state index is -1.44. The number of amides is 1. The highest BCUT2D eigenvalue weighted by Crippen LogP contribution is 2.32. The number of aliphatic hydroxyl groups excluding tert-OH is 2. The van der Waals surface area contributed by atoms with Crippen molar-refractivity contribution in [2.45, 2.75) is 31.1 Å². The molecule has 0 saturated carbocycles. The number of fused-ring (bicyclic) bond motifs is 1. The molecule has 1 saturated heterocycles. The first-order valence-corrected chi connectivity index (χ1v) is 9.75. The van der Waals surface area contributed by atoms with Crippen LogP contribution < -0.4 is 16.6 Å². The number of carbonyl (C=O) groups is 1. The molecule has 1 amide bonds. The summed E-state index contributed by atoms with van der Waals surface area (Å²) in [6.45, 7) is 0.538. The Morgan fingerprint density at radius 2 is 2.10 bits per heavy atom. The summed E-state index contributed by atoms with van der Waals surface area (Å²) in [5, 5.41) is 23.7. The Morgan fingerprint density at radius 3 is 2.86 bits per heavy atom. The summed E-state index contributed by atoms with van der Waals surface area (Å²) in [4.78, 5) is 24.5. The Hall–Kier alpha value is -2.39. The molecule has 4 atom stereocenters. The van der Waals surface area contributed by atoms with Crippen molar-refractivity contribution >= 4 is 45.5 Å². The predicted octanol–water partition coefficient (Wildman–Crippen LogP) is -0.348. The van der Waals surface area contributed by atoms with Gasteiger partial charge in [-0.1, -0.05) is 12.1 Å². The summed E-state index contributed by atoms with van der Waals surface area (Å²) in [5.74, 6) is 4.88. The number of aromatic nitrogens is 4. The summed E-state index contributed by atoms with van der Waals surface area (Å²) < 4.78 is 8.10. The lowest BCUT2D eigenvalue weighted by Crippen LogP contribution is -2.45. The fourth-order valence-corrected chi connectivity index (χ4v) is 3.80. The van der Waals surface area contributed by atoms with Crippen LogP contribution in [-0.4, -0.2) is 54.0 Å². The molecule has 29 heavy (non-hydrogen) atoms. The number of hydrogen-bond donors (Lipinski definition) is 5. The Balaban J connectivity index is 1.60. The number of benzene rings is 1. The molecule has 2 aromatic heterocycles. The van der Waals surface area contributed by atoms with Crippen molar-refractivity contribution in [1.29, 1.82) is 0 Å². The predicted molar refractivity (Wildman–Crippen MR) is 110 cm³/mol. The van der Waals surface area contributed by atoms with E-state index >= 15 is 0 Å². The van der Waals surface area contributed by atoms with Gasteiger partial charge in [0, 0.05) is 10.1 Å². The van der Waals surface area contributed by atoms with E-state index in [1.165, 1.54) is 17.2 Å². The van der Waals surface area contributed by atoms with Crippen LogP contribution in [0.3, 0.4) is 0 Å². The van der Waals surface area contributed by atoms with Crippen molar-refractivity contribution in [2.75, 3.05) is 5.32 Å². The Kier molecular flexibility index (Phi) is 5.60. The van der Waals surface area contributed by atoms with Gasteiger partial charge >= 0.3 is 0 Å². The summed E-state index contributed by atoms with van der Waals surface area (Å²) in [6.07, 6.45) is -2.40. The molecule has 0 radical (unpaired) electrons. The van der Waals surface area contributed by atoms with E-state index in [4.69, 9.17) is 10.6 Å². The van der Waals surface area contributed by atoms with Gasteiger partial charge in [-0.3, -0.25) is 14.8 Å². The van der Waals surface area contributed by atoms with E-state index in [2.05, 4.69) is 48.9 Å². The molecule has 0 spiro atoms. The minimum Gasteiger partial charge on any atom is -0.387 e. The van der Waals surface area contributed by atoms with E-state index in [0.29, 0.717) is 23.5 Å². The summed E-state index contributed by atoms with van der Waals surface area (Å²) >= 11 is 2.25. The van der Waals surface area contributed by atoms with Gasteiger partial charge in [0.2, 0.25) is 0 Å². The number of rotatable bonds is 5. The van der Waals surface area contributed by atoms with Gasteiger partial charge in [0.05, 0.1) is 6.33 Å². The highest BCUT2D eigenvalue weighted by Gasteiger charge is 2.47. The molecule has 1 aliphatic rings. The van der Waals surface area contributed by atoms with Crippen LogP contribution in [0.25, 0.3) is 11.2 Å². The van der Waals surface area contributed by atoms with E-state index in [1.54, 1.807) is 0 Å². The van der Waals surface area contributed by atoms with Gasteiger partial charge in [0.15, 0.2) is 29.3 Å². The topological polar surface area (TPSA) is 160 Å². The molecule has 152 valence electrons. The lowest BCUT2D eigenvalue weighted by molar-refractivity contribution is -0.137. The highest BCUT2D eigenvalue weighted by atomic mass is 127. The fraction of sp³-hybridized carbons (Fsp3) is 0.294. The maximum atomic E-state index is 11.8. The van der Waals surface area contributed by atoms with Gasteiger partial charge in [-0.05, 0) is 40.3 Å². The first-order valence-electron chi connectivity index (χ1n) is 8.67. The number of nitrogens with two attached hydrogens (primary N) is 1. The van der Waals surface area contributed by atoms with Crippen molar-refractivity contribution < 1.29 is 19.7 Å². The molecule has 1 aliphatic heterocycles. The van der Waals surface area contributed by atoms with Crippen molar-refractivity contribution in [3.63, 3.8) is 0 Å². The van der Waals surface area contributed by atoms with Gasteiger partial charge in [0.1, 0.15) is 18.5 Å². The zero-order chi connectivity index (χ0) is 20.5. The molecule has 4 rings (SSSR count). The number of imidazole rings is 1. The highest BCUT2D eigenvalue weighted by molar-refractivity contribution is 14.1. The third kappa shape index (κ3) is 3.76. The van der Waals surface area contributed by atoms with Crippen LogP contribution in [0.5, 0.6) is 0 Å². The number of carbonyl (C=O) groups excluding carboxylic acids is 1. The smallest absolute Gasteiger partial charge is 0.265 e. The second-order valence-electron chi connectivity index (χ2n) is 6.47. The van der Waals surface area contributed by atoms with Gasteiger partial charge in [-0.25, -0.2) is 20.8 Å². The van der Waals surface area contributed by atoms with E-state index < -0.39 is 30.4 Å². The average Bonchev–Trinajstić information content (AvgIpc) is 3.28. The molecule has 1 aromatic carbocycles. The normalized spacial score (nSPS) is 24.0. The van der Waals surface area contributed by atoms with Crippen LogP contribution in [0.4, 0.5) is 5.82 Å². The second-order valence-corrected chi connectivity index (χ2v) is 7.71. The van der Waals surface area contributed by atoms with Crippen LogP contribution in [0, 0.1) is 3.57 Å². The lowest BCUT2D eigenvalue weighted by atomic mass is 10.1. The lowest BCUT2D eigenvalue weighted by Gasteiger charge is -2.16. The van der Waals surface area contributed by atoms with E-state index in [0.717, 1.165) is 9.13 Å². The number of nitrogens with zero attached hydrogens (tertiary/aromatic N) is 4. The van der Waals surface area contributed by atoms with Crippen LogP contribution in [0.2, 0.25) is 0 Å². The fourth-order valence-electron chi connectivity index (χ4n) is 3.19. The van der Waals surface area contributed by atoms with Gasteiger partial charge in [0.25, 0.3) is 5.91 Å². The molecule has 11 nitrogen and oxygen atoms in total. The quantitative estimate of drug-likeness (QED) is 0.134. The number of halogens is 1. The molecule has 12 heteroatoms. The third-order valence-electron chi connectivity index (χ3n) is 4.62. The molecule has 1 fully saturated rings. The largest absolute Gasteiger partial charge is 0.387 e. The molecule has 3 heterocycles. The Bertz CT molecular complexity index is 1050. The summed E-state index contributed by atoms with van der Waals surface area (Å²) in [5.41, 5.74) is 3.84.